The molecule has 1 saturated heterocycles. The Balaban J connectivity index is 1.78. The Kier molecular flexibility index (Phi) is 7.10. The number of fused-ring (bicyclic) bond motifs is 1. The summed E-state index contributed by atoms with van der Waals surface area (Å²) in [6.07, 6.45) is 2.78. The summed E-state index contributed by atoms with van der Waals surface area (Å²) >= 11 is 6.76. The molecule has 1 N–H and O–H groups in total. The summed E-state index contributed by atoms with van der Waals surface area (Å²) in [5.41, 5.74) is 2.16. The summed E-state index contributed by atoms with van der Waals surface area (Å²) in [4.78, 5) is 43.2. The number of carbonyl (C=O) groups is 1. The second-order valence-corrected chi connectivity index (χ2v) is 10.3. The third-order valence-corrected chi connectivity index (χ3v) is 7.32. The molecule has 4 heterocycles. The number of hydrogen-bond donors (Lipinski definition) is 1. The fraction of sp³-hybridized carbons (Fsp3) is 0.276. The second kappa shape index (κ2) is 10.5. The molecule has 39 heavy (non-hydrogen) atoms. The van der Waals surface area contributed by atoms with Crippen molar-refractivity contribution in [2.24, 2.45) is 0 Å². The smallest absolute Gasteiger partial charge is 0.355 e. The van der Waals surface area contributed by atoms with Gasteiger partial charge in [-0.3, -0.25) is 4.79 Å². The first-order valence-electron chi connectivity index (χ1n) is 12.8. The number of piperazine rings is 1. The highest BCUT2D eigenvalue weighted by atomic mass is 35.5. The van der Waals surface area contributed by atoms with E-state index < -0.39 is 5.69 Å². The van der Waals surface area contributed by atoms with Crippen LogP contribution in [0.2, 0.25) is 5.02 Å². The van der Waals surface area contributed by atoms with Crippen LogP contribution in [0.15, 0.2) is 66.1 Å². The van der Waals surface area contributed by atoms with Gasteiger partial charge >= 0.3 is 5.69 Å². The number of aromatic nitrogens is 4. The maximum atomic E-state index is 13.8. The minimum absolute atomic E-state index is 0.127. The van der Waals surface area contributed by atoms with E-state index in [1.165, 1.54) is 16.8 Å². The van der Waals surface area contributed by atoms with Gasteiger partial charge in [-0.25, -0.2) is 19.3 Å². The van der Waals surface area contributed by atoms with Crippen LogP contribution in [0.4, 0.5) is 5.82 Å². The molecular formula is C29H29ClN6O3. The van der Waals surface area contributed by atoms with Gasteiger partial charge in [-0.15, -0.1) is 0 Å². The SMILES string of the molecule is C=CC(=O)N1CCN(c2nc(=O)n(-c3ccccc3C(C)C)c3nc(-c4cccnc4O)c(Cl)cc23)C(C)C1. The number of nitrogens with zero attached hydrogens (tertiary/aromatic N) is 6. The van der Waals surface area contributed by atoms with Crippen LogP contribution in [-0.4, -0.2) is 61.1 Å². The zero-order valence-corrected chi connectivity index (χ0v) is 22.8. The molecule has 1 amide bonds. The van der Waals surface area contributed by atoms with Gasteiger partial charge in [0.2, 0.25) is 11.8 Å². The lowest BCUT2D eigenvalue weighted by Gasteiger charge is -2.40. The fourth-order valence-corrected chi connectivity index (χ4v) is 5.35. The number of amides is 1. The van der Waals surface area contributed by atoms with Crippen molar-refractivity contribution in [3.05, 3.63) is 82.4 Å². The first-order chi connectivity index (χ1) is 18.7. The van der Waals surface area contributed by atoms with Gasteiger partial charge in [0, 0.05) is 31.9 Å². The van der Waals surface area contributed by atoms with Gasteiger partial charge in [-0.2, -0.15) is 4.98 Å². The van der Waals surface area contributed by atoms with E-state index in [1.807, 2.05) is 36.1 Å². The lowest BCUT2D eigenvalue weighted by Crippen LogP contribution is -2.54. The number of aromatic hydroxyl groups is 1. The monoisotopic (exact) mass is 544 g/mol. The maximum absolute atomic E-state index is 13.8. The highest BCUT2D eigenvalue weighted by molar-refractivity contribution is 6.34. The molecule has 1 atom stereocenters. The molecular weight excluding hydrogens is 516 g/mol. The minimum atomic E-state index is -0.487. The van der Waals surface area contributed by atoms with Crippen LogP contribution in [-0.2, 0) is 4.79 Å². The molecule has 3 aromatic heterocycles. The molecule has 9 nitrogen and oxygen atoms in total. The fourth-order valence-electron chi connectivity index (χ4n) is 5.09. The molecule has 0 aliphatic carbocycles. The van der Waals surface area contributed by atoms with E-state index in [1.54, 1.807) is 23.1 Å². The number of halogens is 1. The van der Waals surface area contributed by atoms with Crippen molar-refractivity contribution in [1.29, 1.82) is 0 Å². The number of benzene rings is 1. The van der Waals surface area contributed by atoms with Crippen molar-refractivity contribution < 1.29 is 9.90 Å². The third-order valence-electron chi connectivity index (χ3n) is 7.03. The van der Waals surface area contributed by atoms with E-state index in [-0.39, 0.29) is 28.8 Å². The Hall–Kier alpha value is -4.24. The van der Waals surface area contributed by atoms with E-state index in [4.69, 9.17) is 16.6 Å². The molecule has 1 fully saturated rings. The number of carbonyl (C=O) groups excluding carboxylic acids is 1. The van der Waals surface area contributed by atoms with E-state index in [2.05, 4.69) is 30.4 Å². The molecule has 4 aromatic rings. The van der Waals surface area contributed by atoms with Crippen molar-refractivity contribution >= 4 is 34.4 Å². The average molecular weight is 545 g/mol. The van der Waals surface area contributed by atoms with Gasteiger partial charge in [-0.05, 0) is 48.7 Å². The molecule has 1 unspecified atom stereocenters. The van der Waals surface area contributed by atoms with Crippen molar-refractivity contribution in [1.82, 2.24) is 24.4 Å². The second-order valence-electron chi connectivity index (χ2n) is 9.86. The zero-order chi connectivity index (χ0) is 27.8. The van der Waals surface area contributed by atoms with Crippen LogP contribution in [0.25, 0.3) is 28.0 Å². The molecule has 1 aromatic carbocycles. The Bertz CT molecular complexity index is 1650. The van der Waals surface area contributed by atoms with Crippen LogP contribution in [0.5, 0.6) is 5.88 Å². The quantitative estimate of drug-likeness (QED) is 0.367. The van der Waals surface area contributed by atoms with Gasteiger partial charge in [-0.1, -0.05) is 50.2 Å². The molecule has 0 radical (unpaired) electrons. The van der Waals surface area contributed by atoms with Crippen LogP contribution in [0, 0.1) is 0 Å². The summed E-state index contributed by atoms with van der Waals surface area (Å²) in [6, 6.07) is 12.6. The third kappa shape index (κ3) is 4.74. The molecule has 10 heteroatoms. The van der Waals surface area contributed by atoms with Crippen LogP contribution in [0.1, 0.15) is 32.3 Å². The molecule has 0 bridgehead atoms. The lowest BCUT2D eigenvalue weighted by molar-refractivity contribution is -0.126. The zero-order valence-electron chi connectivity index (χ0n) is 22.0. The van der Waals surface area contributed by atoms with Gasteiger partial charge in [0.05, 0.1) is 27.4 Å². The number of pyridine rings is 2. The average Bonchev–Trinajstić information content (AvgIpc) is 2.92. The topological polar surface area (TPSA) is 104 Å². The van der Waals surface area contributed by atoms with E-state index in [9.17, 15) is 14.7 Å². The molecule has 1 aliphatic rings. The van der Waals surface area contributed by atoms with Gasteiger partial charge in [0.1, 0.15) is 5.82 Å². The Morgan fingerprint density at radius 2 is 1.95 bits per heavy atom. The Labute approximate surface area is 231 Å². The normalized spacial score (nSPS) is 15.7. The van der Waals surface area contributed by atoms with Gasteiger partial charge in [0.25, 0.3) is 0 Å². The predicted molar refractivity (Wildman–Crippen MR) is 153 cm³/mol. The van der Waals surface area contributed by atoms with Crippen molar-refractivity contribution in [3.63, 3.8) is 0 Å². The molecule has 1 aliphatic heterocycles. The summed E-state index contributed by atoms with van der Waals surface area (Å²) in [5, 5.41) is 11.3. The highest BCUT2D eigenvalue weighted by Crippen LogP contribution is 2.37. The van der Waals surface area contributed by atoms with Crippen LogP contribution < -0.4 is 10.6 Å². The lowest BCUT2D eigenvalue weighted by atomic mass is 10.0. The first kappa shape index (κ1) is 26.4. The standard InChI is InChI=1S/C29H29ClN6O3/c1-5-24(37)34-13-14-35(18(4)16-34)26-21-15-22(30)25(20-10-8-12-31-28(20)38)32-27(21)36(29(39)33-26)23-11-7-6-9-19(23)17(2)3/h5-12,15,17-18H,1,13-14,16H2,2-4H3,(H,31,38). The van der Waals surface area contributed by atoms with Gasteiger partial charge < -0.3 is 14.9 Å². The summed E-state index contributed by atoms with van der Waals surface area (Å²) in [6.45, 7) is 11.1. The molecule has 0 spiro atoms. The van der Waals surface area contributed by atoms with Crippen molar-refractivity contribution in [2.45, 2.75) is 32.7 Å². The number of rotatable bonds is 5. The maximum Gasteiger partial charge on any atom is 0.355 e. The van der Waals surface area contributed by atoms with Gasteiger partial charge in [0.15, 0.2) is 5.65 Å². The summed E-state index contributed by atoms with van der Waals surface area (Å²) in [7, 11) is 0. The van der Waals surface area contributed by atoms with E-state index in [0.29, 0.717) is 53.4 Å². The highest BCUT2D eigenvalue weighted by Gasteiger charge is 2.30. The molecule has 200 valence electrons. The number of anilines is 1. The van der Waals surface area contributed by atoms with Crippen molar-refractivity contribution in [3.8, 4) is 22.8 Å². The van der Waals surface area contributed by atoms with E-state index >= 15 is 0 Å². The summed E-state index contributed by atoms with van der Waals surface area (Å²) < 4.78 is 1.50. The largest absolute Gasteiger partial charge is 0.493 e. The molecule has 0 saturated carbocycles. The van der Waals surface area contributed by atoms with Crippen molar-refractivity contribution in [2.75, 3.05) is 24.5 Å². The van der Waals surface area contributed by atoms with E-state index in [0.717, 1.165) is 5.56 Å². The Morgan fingerprint density at radius 3 is 2.64 bits per heavy atom. The minimum Gasteiger partial charge on any atom is -0.493 e. The summed E-state index contributed by atoms with van der Waals surface area (Å²) in [5.74, 6) is 0.231. The molecule has 5 rings (SSSR count). The predicted octanol–water partition coefficient (Wildman–Crippen LogP) is 4.55. The number of hydrogen-bond acceptors (Lipinski definition) is 7. The number of para-hydroxylation sites is 1. The van der Waals surface area contributed by atoms with Crippen LogP contribution in [0.3, 0.4) is 0 Å². The van der Waals surface area contributed by atoms with Crippen LogP contribution >= 0.6 is 11.6 Å². The first-order valence-corrected chi connectivity index (χ1v) is 13.1. The Morgan fingerprint density at radius 1 is 1.18 bits per heavy atom.